The summed E-state index contributed by atoms with van der Waals surface area (Å²) < 4.78 is 0. The normalized spacial score (nSPS) is 11.5. The molecule has 1 aromatic rings. The Labute approximate surface area is 123 Å². The van der Waals surface area contributed by atoms with Crippen LogP contribution in [0.25, 0.3) is 0 Å². The average Bonchev–Trinajstić information content (AvgIpc) is 2.44. The number of carbonyl (C=O) groups is 3. The van der Waals surface area contributed by atoms with E-state index in [2.05, 4.69) is 5.32 Å². The molecule has 0 aliphatic carbocycles. The predicted octanol–water partition coefficient (Wildman–Crippen LogP) is 0.424. The number of carboxylic acids is 2. The Morgan fingerprint density at radius 2 is 1.95 bits per heavy atom. The van der Waals surface area contributed by atoms with Crippen molar-refractivity contribution in [2.45, 2.75) is 18.9 Å². The molecule has 0 heterocycles. The zero-order valence-electron chi connectivity index (χ0n) is 11.2. The molecule has 0 aliphatic rings. The number of rotatable bonds is 7. The van der Waals surface area contributed by atoms with Gasteiger partial charge in [-0.3, -0.25) is 19.7 Å². The number of aromatic carboxylic acids is 1. The molecule has 0 saturated heterocycles. The van der Waals surface area contributed by atoms with Gasteiger partial charge in [0.15, 0.2) is 0 Å². The predicted molar refractivity (Wildman–Crippen MR) is 73.5 cm³/mol. The molecule has 0 unspecified atom stereocenters. The summed E-state index contributed by atoms with van der Waals surface area (Å²) in [7, 11) is 0. The number of nitro benzene ring substituents is 1. The molecule has 0 aromatic heterocycles. The first kappa shape index (κ1) is 17.0. The van der Waals surface area contributed by atoms with Crippen molar-refractivity contribution in [1.82, 2.24) is 0 Å². The van der Waals surface area contributed by atoms with E-state index in [1.807, 2.05) is 0 Å². The van der Waals surface area contributed by atoms with Gasteiger partial charge in [0.1, 0.15) is 11.6 Å². The van der Waals surface area contributed by atoms with Gasteiger partial charge in [-0.05, 0) is 18.6 Å². The van der Waals surface area contributed by atoms with E-state index in [9.17, 15) is 24.5 Å². The first-order valence-corrected chi connectivity index (χ1v) is 6.02. The Morgan fingerprint density at radius 3 is 2.45 bits per heavy atom. The van der Waals surface area contributed by atoms with Crippen molar-refractivity contribution in [1.29, 1.82) is 0 Å². The number of hydrogen-bond donors (Lipinski definition) is 4. The minimum Gasteiger partial charge on any atom is -0.480 e. The van der Waals surface area contributed by atoms with Gasteiger partial charge in [0, 0.05) is 18.2 Å². The second kappa shape index (κ2) is 7.13. The number of carboxylic acid groups (broad SMARTS) is 2. The van der Waals surface area contributed by atoms with Crippen LogP contribution in [-0.2, 0) is 9.59 Å². The number of nitrogens with two attached hydrogens (primary N) is 1. The highest BCUT2D eigenvalue weighted by atomic mass is 16.6. The fraction of sp³-hybridized carbons (Fsp3) is 0.250. The molecule has 0 saturated carbocycles. The molecule has 5 N–H and O–H groups in total. The van der Waals surface area contributed by atoms with Gasteiger partial charge in [-0.15, -0.1) is 0 Å². The van der Waals surface area contributed by atoms with Crippen molar-refractivity contribution in [3.05, 3.63) is 33.9 Å². The van der Waals surface area contributed by atoms with Gasteiger partial charge in [0.05, 0.1) is 4.92 Å². The van der Waals surface area contributed by atoms with E-state index < -0.39 is 40.1 Å². The van der Waals surface area contributed by atoms with Crippen LogP contribution in [0.3, 0.4) is 0 Å². The fourth-order valence-corrected chi connectivity index (χ4v) is 1.58. The van der Waals surface area contributed by atoms with Crippen LogP contribution in [0.1, 0.15) is 23.2 Å². The van der Waals surface area contributed by atoms with Crippen LogP contribution in [0.15, 0.2) is 18.2 Å². The van der Waals surface area contributed by atoms with Crippen molar-refractivity contribution < 1.29 is 29.5 Å². The Bertz CT molecular complexity index is 629. The highest BCUT2D eigenvalue weighted by Crippen LogP contribution is 2.22. The standard InChI is InChI=1S/C12H13N3O7/c13-8(12(19)20)2-4-10(16)14-6-1-3-9(15(21)22)7(5-6)11(17)18/h1,3,5,8H,2,4,13H2,(H,14,16)(H,17,18)(H,19,20)/t8-/m0/s1. The summed E-state index contributed by atoms with van der Waals surface area (Å²) in [5.41, 5.74) is 4.13. The van der Waals surface area contributed by atoms with Crippen molar-refractivity contribution in [2.75, 3.05) is 5.32 Å². The zero-order chi connectivity index (χ0) is 16.9. The number of carbonyl (C=O) groups excluding carboxylic acids is 1. The summed E-state index contributed by atoms with van der Waals surface area (Å²) in [6, 6.07) is 1.91. The monoisotopic (exact) mass is 311 g/mol. The van der Waals surface area contributed by atoms with E-state index in [4.69, 9.17) is 15.9 Å². The maximum absolute atomic E-state index is 11.6. The maximum atomic E-state index is 11.6. The topological polar surface area (TPSA) is 173 Å². The lowest BCUT2D eigenvalue weighted by Crippen LogP contribution is -2.31. The average molecular weight is 311 g/mol. The van der Waals surface area contributed by atoms with Crippen LogP contribution in [0.5, 0.6) is 0 Å². The Balaban J connectivity index is 2.80. The number of benzene rings is 1. The number of hydrogen-bond acceptors (Lipinski definition) is 6. The first-order valence-electron chi connectivity index (χ1n) is 6.02. The van der Waals surface area contributed by atoms with Crippen LogP contribution >= 0.6 is 0 Å². The molecule has 0 bridgehead atoms. The number of nitrogens with one attached hydrogen (secondary N) is 1. The van der Waals surface area contributed by atoms with E-state index in [1.165, 1.54) is 6.07 Å². The van der Waals surface area contributed by atoms with E-state index in [-0.39, 0.29) is 18.5 Å². The summed E-state index contributed by atoms with van der Waals surface area (Å²) in [5, 5.41) is 30.5. The number of anilines is 1. The van der Waals surface area contributed by atoms with Gasteiger partial charge < -0.3 is 21.3 Å². The lowest BCUT2D eigenvalue weighted by molar-refractivity contribution is -0.385. The van der Waals surface area contributed by atoms with Crippen molar-refractivity contribution in [2.24, 2.45) is 5.73 Å². The van der Waals surface area contributed by atoms with Gasteiger partial charge in [-0.25, -0.2) is 4.79 Å². The van der Waals surface area contributed by atoms with Crippen LogP contribution in [0.2, 0.25) is 0 Å². The van der Waals surface area contributed by atoms with Crippen LogP contribution in [0, 0.1) is 10.1 Å². The summed E-state index contributed by atoms with van der Waals surface area (Å²) in [6.45, 7) is 0. The molecule has 0 radical (unpaired) electrons. The number of nitro groups is 1. The van der Waals surface area contributed by atoms with E-state index in [1.54, 1.807) is 0 Å². The van der Waals surface area contributed by atoms with Gasteiger partial charge in [0.2, 0.25) is 5.91 Å². The summed E-state index contributed by atoms with van der Waals surface area (Å²) in [6.07, 6.45) is -0.285. The SMILES string of the molecule is N[C@@H](CCC(=O)Nc1ccc([N+](=O)[O-])c(C(=O)O)c1)C(=O)O. The third-order valence-corrected chi connectivity index (χ3v) is 2.71. The number of nitrogens with zero attached hydrogens (tertiary/aromatic N) is 1. The molecular formula is C12H13N3O7. The first-order chi connectivity index (χ1) is 10.2. The molecule has 22 heavy (non-hydrogen) atoms. The van der Waals surface area contributed by atoms with Gasteiger partial charge in [-0.2, -0.15) is 0 Å². The second-order valence-electron chi connectivity index (χ2n) is 4.33. The maximum Gasteiger partial charge on any atom is 0.342 e. The minimum atomic E-state index is -1.50. The summed E-state index contributed by atoms with van der Waals surface area (Å²) in [4.78, 5) is 42.9. The number of aliphatic carboxylic acids is 1. The molecule has 10 nitrogen and oxygen atoms in total. The van der Waals surface area contributed by atoms with Gasteiger partial charge >= 0.3 is 11.9 Å². The molecule has 1 rings (SSSR count). The van der Waals surface area contributed by atoms with Crippen LogP contribution in [-0.4, -0.2) is 39.0 Å². The third-order valence-electron chi connectivity index (χ3n) is 2.71. The van der Waals surface area contributed by atoms with Gasteiger partial charge in [0.25, 0.3) is 5.69 Å². The van der Waals surface area contributed by atoms with E-state index in [0.717, 1.165) is 12.1 Å². The van der Waals surface area contributed by atoms with Gasteiger partial charge in [-0.1, -0.05) is 0 Å². The van der Waals surface area contributed by atoms with E-state index in [0.29, 0.717) is 0 Å². The highest BCUT2D eigenvalue weighted by molar-refractivity contribution is 5.96. The Morgan fingerprint density at radius 1 is 1.32 bits per heavy atom. The van der Waals surface area contributed by atoms with E-state index >= 15 is 0 Å². The molecular weight excluding hydrogens is 298 g/mol. The minimum absolute atomic E-state index is 0.0527. The Kier molecular flexibility index (Phi) is 5.52. The van der Waals surface area contributed by atoms with Crippen molar-refractivity contribution in [3.63, 3.8) is 0 Å². The lowest BCUT2D eigenvalue weighted by Gasteiger charge is -2.08. The smallest absolute Gasteiger partial charge is 0.342 e. The molecule has 1 atom stereocenters. The van der Waals surface area contributed by atoms with Crippen molar-refractivity contribution >= 4 is 29.2 Å². The Hall–Kier alpha value is -3.01. The quantitative estimate of drug-likeness (QED) is 0.414. The molecule has 1 aromatic carbocycles. The van der Waals surface area contributed by atoms with Crippen LogP contribution < -0.4 is 11.1 Å². The fourth-order valence-electron chi connectivity index (χ4n) is 1.58. The molecule has 0 fully saturated rings. The molecule has 10 heteroatoms. The van der Waals surface area contributed by atoms with Crippen LogP contribution in [0.4, 0.5) is 11.4 Å². The number of amides is 1. The lowest BCUT2D eigenvalue weighted by atomic mass is 10.1. The highest BCUT2D eigenvalue weighted by Gasteiger charge is 2.20. The second-order valence-corrected chi connectivity index (χ2v) is 4.33. The molecule has 0 aliphatic heterocycles. The molecule has 1 amide bonds. The molecule has 0 spiro atoms. The summed E-state index contributed by atoms with van der Waals surface area (Å²) in [5.74, 6) is -3.33. The van der Waals surface area contributed by atoms with Crippen molar-refractivity contribution in [3.8, 4) is 0 Å². The molecule has 118 valence electrons. The third kappa shape index (κ3) is 4.52. The summed E-state index contributed by atoms with van der Waals surface area (Å²) >= 11 is 0. The largest absolute Gasteiger partial charge is 0.480 e. The zero-order valence-corrected chi connectivity index (χ0v) is 11.2.